The van der Waals surface area contributed by atoms with Gasteiger partial charge in [0.2, 0.25) is 0 Å². The van der Waals surface area contributed by atoms with Crippen LogP contribution in [0.5, 0.6) is 5.75 Å². The molecule has 0 spiro atoms. The van der Waals surface area contributed by atoms with E-state index in [1.807, 2.05) is 0 Å². The number of methoxy groups -OCH3 is 1. The fourth-order valence-corrected chi connectivity index (χ4v) is 3.12. The fraction of sp³-hybridized carbons (Fsp3) is 0.500. The Morgan fingerprint density at radius 3 is 2.62 bits per heavy atom. The molecule has 1 aliphatic rings. The van der Waals surface area contributed by atoms with Crippen LogP contribution >= 0.6 is 15.9 Å². The molecule has 0 radical (unpaired) electrons. The second kappa shape index (κ2) is 4.34. The number of benzene rings is 1. The molecule has 0 saturated heterocycles. The lowest BCUT2D eigenvalue weighted by molar-refractivity contribution is 0.239. The van der Waals surface area contributed by atoms with Gasteiger partial charge in [-0.15, -0.1) is 0 Å². The molecule has 1 aromatic rings. The van der Waals surface area contributed by atoms with Gasteiger partial charge in [-0.05, 0) is 25.0 Å². The molecule has 1 aromatic carbocycles. The maximum atomic E-state index is 13.7. The second-order valence-corrected chi connectivity index (χ2v) is 5.13. The fourth-order valence-electron chi connectivity index (χ4n) is 2.39. The van der Waals surface area contributed by atoms with Gasteiger partial charge in [0.25, 0.3) is 0 Å². The lowest BCUT2D eigenvalue weighted by atomic mass is 9.64. The van der Waals surface area contributed by atoms with Crippen LogP contribution in [-0.2, 0) is 5.41 Å². The molecule has 4 heteroatoms. The van der Waals surface area contributed by atoms with Gasteiger partial charge in [-0.25, -0.2) is 4.39 Å². The van der Waals surface area contributed by atoms with Gasteiger partial charge in [-0.3, -0.25) is 0 Å². The van der Waals surface area contributed by atoms with Gasteiger partial charge < -0.3 is 10.5 Å². The second-order valence-electron chi connectivity index (χ2n) is 4.28. The third kappa shape index (κ3) is 1.64. The minimum atomic E-state index is -0.319. The van der Waals surface area contributed by atoms with Crippen molar-refractivity contribution in [2.45, 2.75) is 24.7 Å². The van der Waals surface area contributed by atoms with E-state index in [1.165, 1.54) is 13.2 Å². The number of rotatable bonds is 3. The van der Waals surface area contributed by atoms with E-state index in [-0.39, 0.29) is 11.2 Å². The first kappa shape index (κ1) is 11.9. The molecule has 0 aliphatic heterocycles. The average Bonchev–Trinajstić information content (AvgIpc) is 2.22. The summed E-state index contributed by atoms with van der Waals surface area (Å²) in [6, 6.07) is 3.14. The molecule has 0 aromatic heterocycles. The maximum absolute atomic E-state index is 13.7. The average molecular weight is 288 g/mol. The maximum Gasteiger partial charge on any atom is 0.165 e. The molecule has 0 bridgehead atoms. The molecule has 2 rings (SSSR count). The SMILES string of the molecule is COc1c(F)ccc(Br)c1C1(CN)CCC1. The van der Waals surface area contributed by atoms with Crippen molar-refractivity contribution in [3.8, 4) is 5.75 Å². The van der Waals surface area contributed by atoms with Crippen molar-refractivity contribution in [1.29, 1.82) is 0 Å². The van der Waals surface area contributed by atoms with E-state index < -0.39 is 0 Å². The molecule has 1 fully saturated rings. The van der Waals surface area contributed by atoms with E-state index in [2.05, 4.69) is 15.9 Å². The summed E-state index contributed by atoms with van der Waals surface area (Å²) in [5, 5.41) is 0. The van der Waals surface area contributed by atoms with E-state index in [1.54, 1.807) is 6.07 Å². The van der Waals surface area contributed by atoms with Crippen LogP contribution in [-0.4, -0.2) is 13.7 Å². The van der Waals surface area contributed by atoms with E-state index >= 15 is 0 Å². The number of hydrogen-bond acceptors (Lipinski definition) is 2. The van der Waals surface area contributed by atoms with Crippen molar-refractivity contribution in [3.63, 3.8) is 0 Å². The Balaban J connectivity index is 2.57. The summed E-state index contributed by atoms with van der Waals surface area (Å²) < 4.78 is 19.7. The summed E-state index contributed by atoms with van der Waals surface area (Å²) in [5.74, 6) is 0.0138. The highest BCUT2D eigenvalue weighted by atomic mass is 79.9. The molecule has 1 saturated carbocycles. The van der Waals surface area contributed by atoms with Crippen LogP contribution < -0.4 is 10.5 Å². The minimum absolute atomic E-state index is 0.105. The topological polar surface area (TPSA) is 35.2 Å². The number of nitrogens with two attached hydrogens (primary N) is 1. The molecule has 88 valence electrons. The minimum Gasteiger partial charge on any atom is -0.493 e. The summed E-state index contributed by atoms with van der Waals surface area (Å²) in [6.07, 6.45) is 3.15. The van der Waals surface area contributed by atoms with Crippen molar-refractivity contribution < 1.29 is 9.13 Å². The molecular weight excluding hydrogens is 273 g/mol. The Morgan fingerprint density at radius 2 is 2.19 bits per heavy atom. The predicted molar refractivity (Wildman–Crippen MR) is 65.2 cm³/mol. The predicted octanol–water partition coefficient (Wildman–Crippen LogP) is 2.98. The molecule has 2 nitrogen and oxygen atoms in total. The first-order valence-electron chi connectivity index (χ1n) is 5.37. The summed E-state index contributed by atoms with van der Waals surface area (Å²) in [5.41, 5.74) is 6.63. The Hall–Kier alpha value is -0.610. The van der Waals surface area contributed by atoms with Gasteiger partial charge >= 0.3 is 0 Å². The highest BCUT2D eigenvalue weighted by Crippen LogP contribution is 2.49. The zero-order valence-electron chi connectivity index (χ0n) is 9.22. The number of hydrogen-bond donors (Lipinski definition) is 1. The molecule has 16 heavy (non-hydrogen) atoms. The Labute approximate surface area is 103 Å². The third-order valence-corrected chi connectivity index (χ3v) is 4.16. The van der Waals surface area contributed by atoms with Crippen LogP contribution in [0, 0.1) is 5.82 Å². The van der Waals surface area contributed by atoms with Crippen molar-refractivity contribution >= 4 is 15.9 Å². The summed E-state index contributed by atoms with van der Waals surface area (Å²) >= 11 is 3.47. The van der Waals surface area contributed by atoms with Gasteiger partial charge in [-0.1, -0.05) is 22.4 Å². The van der Waals surface area contributed by atoms with E-state index in [0.29, 0.717) is 12.3 Å². The molecule has 0 atom stereocenters. The van der Waals surface area contributed by atoms with Gasteiger partial charge in [0.1, 0.15) is 0 Å². The first-order chi connectivity index (χ1) is 7.64. The van der Waals surface area contributed by atoms with Gasteiger partial charge in [0.05, 0.1) is 7.11 Å². The Kier molecular flexibility index (Phi) is 3.22. The van der Waals surface area contributed by atoms with Gasteiger partial charge in [0.15, 0.2) is 11.6 Å². The monoisotopic (exact) mass is 287 g/mol. The molecular formula is C12H15BrFNO. The van der Waals surface area contributed by atoms with Crippen molar-refractivity contribution in [2.24, 2.45) is 5.73 Å². The highest BCUT2D eigenvalue weighted by Gasteiger charge is 2.41. The van der Waals surface area contributed by atoms with Crippen LogP contribution in [0.1, 0.15) is 24.8 Å². The zero-order chi connectivity index (χ0) is 11.8. The Bertz CT molecular complexity index is 399. The summed E-state index contributed by atoms with van der Waals surface area (Å²) in [7, 11) is 1.50. The largest absolute Gasteiger partial charge is 0.493 e. The normalized spacial score (nSPS) is 18.0. The quantitative estimate of drug-likeness (QED) is 0.928. The third-order valence-electron chi connectivity index (χ3n) is 3.49. The summed E-state index contributed by atoms with van der Waals surface area (Å²) in [6.45, 7) is 0.533. The lowest BCUT2D eigenvalue weighted by Gasteiger charge is -2.42. The van der Waals surface area contributed by atoms with Crippen LogP contribution in [0.4, 0.5) is 4.39 Å². The first-order valence-corrected chi connectivity index (χ1v) is 6.16. The van der Waals surface area contributed by atoms with Crippen molar-refractivity contribution in [2.75, 3.05) is 13.7 Å². The molecule has 0 heterocycles. The lowest BCUT2D eigenvalue weighted by Crippen LogP contribution is -2.42. The molecule has 0 amide bonds. The van der Waals surface area contributed by atoms with E-state index in [9.17, 15) is 4.39 Å². The van der Waals surface area contributed by atoms with E-state index in [0.717, 1.165) is 29.3 Å². The van der Waals surface area contributed by atoms with Crippen LogP contribution in [0.3, 0.4) is 0 Å². The molecule has 1 aliphatic carbocycles. The number of halogens is 2. The standard InChI is InChI=1S/C12H15BrFNO/c1-16-11-9(14)4-3-8(13)10(11)12(7-15)5-2-6-12/h3-4H,2,5-7,15H2,1H3. The molecule has 2 N–H and O–H groups in total. The van der Waals surface area contributed by atoms with Crippen LogP contribution in [0.2, 0.25) is 0 Å². The van der Waals surface area contributed by atoms with E-state index in [4.69, 9.17) is 10.5 Å². The highest BCUT2D eigenvalue weighted by molar-refractivity contribution is 9.10. The smallest absolute Gasteiger partial charge is 0.165 e. The van der Waals surface area contributed by atoms with Crippen LogP contribution in [0.25, 0.3) is 0 Å². The van der Waals surface area contributed by atoms with Crippen molar-refractivity contribution in [3.05, 3.63) is 28.0 Å². The van der Waals surface area contributed by atoms with Crippen LogP contribution in [0.15, 0.2) is 16.6 Å². The molecule has 0 unspecified atom stereocenters. The number of ether oxygens (including phenoxy) is 1. The Morgan fingerprint density at radius 1 is 1.50 bits per heavy atom. The zero-order valence-corrected chi connectivity index (χ0v) is 10.8. The summed E-state index contributed by atoms with van der Waals surface area (Å²) in [4.78, 5) is 0. The van der Waals surface area contributed by atoms with Gasteiger partial charge in [-0.2, -0.15) is 0 Å². The van der Waals surface area contributed by atoms with Gasteiger partial charge in [0, 0.05) is 22.0 Å². The van der Waals surface area contributed by atoms with Crippen molar-refractivity contribution in [1.82, 2.24) is 0 Å².